The van der Waals surface area contributed by atoms with Crippen molar-refractivity contribution in [2.24, 2.45) is 0 Å². The van der Waals surface area contributed by atoms with Gasteiger partial charge < -0.3 is 0 Å². The van der Waals surface area contributed by atoms with E-state index in [4.69, 9.17) is 0 Å². The van der Waals surface area contributed by atoms with E-state index in [1.54, 1.807) is 0 Å². The molecule has 0 aromatic rings. The second-order valence-corrected chi connectivity index (χ2v) is 14.1. The molecule has 1 aliphatic carbocycles. The Morgan fingerprint density at radius 2 is 1.60 bits per heavy atom. The summed E-state index contributed by atoms with van der Waals surface area (Å²) in [6, 6.07) is 0. The summed E-state index contributed by atoms with van der Waals surface area (Å²) in [6.45, 7) is 4.73. The van der Waals surface area contributed by atoms with Crippen LogP contribution in [0.4, 0.5) is 0 Å². The summed E-state index contributed by atoms with van der Waals surface area (Å²) in [5.41, 5.74) is 0. The average Bonchev–Trinajstić information content (AvgIpc) is 2.43. The van der Waals surface area contributed by atoms with E-state index in [0.717, 1.165) is 3.67 Å². The van der Waals surface area contributed by atoms with Gasteiger partial charge in [-0.1, -0.05) is 0 Å². The zero-order chi connectivity index (χ0) is 7.40. The van der Waals surface area contributed by atoms with E-state index < -0.39 is 21.4 Å². The van der Waals surface area contributed by atoms with Crippen LogP contribution in [0.25, 0.3) is 0 Å². The Hall–Kier alpha value is 0.350. The Kier molecular flexibility index (Phi) is 3.61. The van der Waals surface area contributed by atoms with Crippen molar-refractivity contribution in [2.45, 2.75) is 25.9 Å². The van der Waals surface area contributed by atoms with Gasteiger partial charge in [-0.2, -0.15) is 0 Å². The van der Waals surface area contributed by atoms with E-state index in [-0.39, 0.29) is 0 Å². The van der Waals surface area contributed by atoms with Gasteiger partial charge in [0.05, 0.1) is 0 Å². The second kappa shape index (κ2) is 4.27. The quantitative estimate of drug-likeness (QED) is 0.708. The fourth-order valence-electron chi connectivity index (χ4n) is 1.60. The van der Waals surface area contributed by atoms with Crippen molar-refractivity contribution >= 4 is 21.4 Å². The van der Waals surface area contributed by atoms with Crippen molar-refractivity contribution in [1.82, 2.24) is 0 Å². The molecule has 1 aliphatic rings. The molecule has 0 bridgehead atoms. The molecule has 0 aromatic carbocycles. The SMILES string of the molecule is C[CH2][In]([CH2]C)[CH]1C=CC=C1. The number of hydrogen-bond donors (Lipinski definition) is 0. The van der Waals surface area contributed by atoms with Gasteiger partial charge in [0.2, 0.25) is 0 Å². The van der Waals surface area contributed by atoms with Crippen LogP contribution in [-0.4, -0.2) is 21.4 Å². The van der Waals surface area contributed by atoms with Crippen LogP contribution in [0.3, 0.4) is 0 Å². The Morgan fingerprint density at radius 3 is 2.00 bits per heavy atom. The zero-order valence-electron chi connectivity index (χ0n) is 6.88. The zero-order valence-corrected chi connectivity index (χ0v) is 10.2. The minimum absolute atomic E-state index is 0.941. The summed E-state index contributed by atoms with van der Waals surface area (Å²) in [4.78, 5) is 0. The van der Waals surface area contributed by atoms with Crippen LogP contribution in [0.2, 0.25) is 12.0 Å². The van der Waals surface area contributed by atoms with E-state index in [0.29, 0.717) is 0 Å². The summed E-state index contributed by atoms with van der Waals surface area (Å²) >= 11 is -1.08. The van der Waals surface area contributed by atoms with Crippen molar-refractivity contribution < 1.29 is 0 Å². The predicted octanol–water partition coefficient (Wildman–Crippen LogP) is 3.02. The van der Waals surface area contributed by atoms with E-state index in [1.807, 2.05) is 0 Å². The summed E-state index contributed by atoms with van der Waals surface area (Å²) < 4.78 is 3.96. The average molecular weight is 238 g/mol. The molecule has 1 heteroatoms. The summed E-state index contributed by atoms with van der Waals surface area (Å²) in [6.07, 6.45) is 9.21. The van der Waals surface area contributed by atoms with E-state index in [9.17, 15) is 0 Å². The topological polar surface area (TPSA) is 0 Å². The molecule has 10 heavy (non-hydrogen) atoms. The molecule has 0 heterocycles. The van der Waals surface area contributed by atoms with Crippen molar-refractivity contribution in [3.63, 3.8) is 0 Å². The molecule has 0 fully saturated rings. The van der Waals surface area contributed by atoms with Crippen LogP contribution in [-0.2, 0) is 0 Å². The second-order valence-electron chi connectivity index (χ2n) is 2.92. The molecule has 0 atom stereocenters. The fraction of sp³-hybridized carbons (Fsp3) is 0.556. The van der Waals surface area contributed by atoms with E-state index in [2.05, 4.69) is 38.2 Å². The third-order valence-electron chi connectivity index (χ3n) is 2.37. The number of allylic oxidation sites excluding steroid dienone is 4. The molecular weight excluding hydrogens is 223 g/mol. The number of rotatable bonds is 3. The first-order chi connectivity index (χ1) is 4.88. The molecular formula is C9H15In. The van der Waals surface area contributed by atoms with Crippen LogP contribution < -0.4 is 0 Å². The van der Waals surface area contributed by atoms with E-state index in [1.165, 1.54) is 8.35 Å². The molecule has 0 nitrogen and oxygen atoms in total. The first-order valence-corrected chi connectivity index (χ1v) is 10.8. The van der Waals surface area contributed by atoms with Gasteiger partial charge in [-0.05, 0) is 0 Å². The Labute approximate surface area is 71.5 Å². The molecule has 0 aromatic heterocycles. The van der Waals surface area contributed by atoms with Gasteiger partial charge in [0.25, 0.3) is 0 Å². The van der Waals surface area contributed by atoms with Crippen LogP contribution in [0.15, 0.2) is 24.3 Å². The van der Waals surface area contributed by atoms with Gasteiger partial charge in [-0.25, -0.2) is 0 Å². The molecule has 0 spiro atoms. The molecule has 54 valence electrons. The van der Waals surface area contributed by atoms with Crippen molar-refractivity contribution in [3.8, 4) is 0 Å². The van der Waals surface area contributed by atoms with Crippen LogP contribution in [0.5, 0.6) is 0 Å². The first kappa shape index (κ1) is 8.45. The van der Waals surface area contributed by atoms with Crippen molar-refractivity contribution in [2.75, 3.05) is 0 Å². The van der Waals surface area contributed by atoms with Crippen molar-refractivity contribution in [1.29, 1.82) is 0 Å². The van der Waals surface area contributed by atoms with Crippen LogP contribution >= 0.6 is 0 Å². The molecule has 0 saturated carbocycles. The third kappa shape index (κ3) is 1.91. The molecule has 0 unspecified atom stereocenters. The summed E-state index contributed by atoms with van der Waals surface area (Å²) in [7, 11) is 0. The molecule has 1 rings (SSSR count). The molecule has 0 radical (unpaired) electrons. The molecule has 0 aliphatic heterocycles. The normalized spacial score (nSPS) is 16.6. The fourth-order valence-corrected chi connectivity index (χ4v) is 8.88. The summed E-state index contributed by atoms with van der Waals surface area (Å²) in [5, 5.41) is 0. The predicted molar refractivity (Wildman–Crippen MR) is 48.7 cm³/mol. The molecule has 0 amide bonds. The van der Waals surface area contributed by atoms with Crippen LogP contribution in [0.1, 0.15) is 13.8 Å². The maximum atomic E-state index is 2.40. The van der Waals surface area contributed by atoms with Gasteiger partial charge in [0.1, 0.15) is 0 Å². The Balaban J connectivity index is 2.45. The Bertz CT molecular complexity index is 131. The first-order valence-electron chi connectivity index (χ1n) is 4.23. The van der Waals surface area contributed by atoms with Gasteiger partial charge >= 0.3 is 71.6 Å². The van der Waals surface area contributed by atoms with Crippen LogP contribution in [0, 0.1) is 0 Å². The minimum atomic E-state index is -1.08. The monoisotopic (exact) mass is 238 g/mol. The van der Waals surface area contributed by atoms with Gasteiger partial charge in [-0.3, -0.25) is 0 Å². The molecule has 0 N–H and O–H groups in total. The van der Waals surface area contributed by atoms with E-state index >= 15 is 0 Å². The maximum absolute atomic E-state index is 2.40. The van der Waals surface area contributed by atoms with Gasteiger partial charge in [0, 0.05) is 0 Å². The van der Waals surface area contributed by atoms with Crippen molar-refractivity contribution in [3.05, 3.63) is 24.3 Å². The molecule has 0 saturated heterocycles. The standard InChI is InChI=1S/C5H5.2C2H5.In/c1-2-4-5-3-1;2*1-2;/h1-5H;2*1H2,2H3;. The van der Waals surface area contributed by atoms with Gasteiger partial charge in [-0.15, -0.1) is 0 Å². The Morgan fingerprint density at radius 1 is 1.10 bits per heavy atom. The third-order valence-corrected chi connectivity index (χ3v) is 12.7. The van der Waals surface area contributed by atoms with Gasteiger partial charge in [0.15, 0.2) is 0 Å². The number of hydrogen-bond acceptors (Lipinski definition) is 0. The summed E-state index contributed by atoms with van der Waals surface area (Å²) in [5.74, 6) is 0.